The van der Waals surface area contributed by atoms with Crippen molar-refractivity contribution in [3.63, 3.8) is 0 Å². The van der Waals surface area contributed by atoms with Crippen LogP contribution in [0, 0.1) is 0 Å². The number of sulfone groups is 1. The van der Waals surface area contributed by atoms with Crippen LogP contribution < -0.4 is 4.90 Å². The lowest BCUT2D eigenvalue weighted by Crippen LogP contribution is -2.44. The average molecular weight is 297 g/mol. The SMILES string of the molecule is CCS(=O)(=O)c1ccc(N2CCCCC2C(=O)O)cc1. The maximum atomic E-state index is 11.8. The third kappa shape index (κ3) is 2.95. The summed E-state index contributed by atoms with van der Waals surface area (Å²) < 4.78 is 23.5. The van der Waals surface area contributed by atoms with Crippen LogP contribution in [0.2, 0.25) is 0 Å². The molecule has 5 nitrogen and oxygen atoms in total. The van der Waals surface area contributed by atoms with Gasteiger partial charge in [-0.3, -0.25) is 0 Å². The van der Waals surface area contributed by atoms with Crippen LogP contribution in [0.1, 0.15) is 26.2 Å². The highest BCUT2D eigenvalue weighted by Gasteiger charge is 2.28. The van der Waals surface area contributed by atoms with Crippen molar-refractivity contribution in [1.82, 2.24) is 0 Å². The molecule has 0 radical (unpaired) electrons. The third-order valence-corrected chi connectivity index (χ3v) is 5.45. The van der Waals surface area contributed by atoms with Crippen LogP contribution in [0.5, 0.6) is 0 Å². The molecule has 110 valence electrons. The predicted octanol–water partition coefficient (Wildman–Crippen LogP) is 1.92. The van der Waals surface area contributed by atoms with Crippen molar-refractivity contribution < 1.29 is 18.3 Å². The van der Waals surface area contributed by atoms with E-state index in [1.54, 1.807) is 31.2 Å². The van der Waals surface area contributed by atoms with Gasteiger partial charge in [-0.05, 0) is 43.5 Å². The van der Waals surface area contributed by atoms with Gasteiger partial charge in [-0.1, -0.05) is 6.92 Å². The molecule has 20 heavy (non-hydrogen) atoms. The number of aliphatic carboxylic acids is 1. The van der Waals surface area contributed by atoms with E-state index in [0.29, 0.717) is 13.0 Å². The molecule has 1 N–H and O–H groups in total. The summed E-state index contributed by atoms with van der Waals surface area (Å²) >= 11 is 0. The molecule has 1 fully saturated rings. The summed E-state index contributed by atoms with van der Waals surface area (Å²) in [5, 5.41) is 9.25. The number of anilines is 1. The molecule has 0 amide bonds. The molecular weight excluding hydrogens is 278 g/mol. The van der Waals surface area contributed by atoms with Crippen molar-refractivity contribution in [3.05, 3.63) is 24.3 Å². The molecule has 1 aromatic rings. The quantitative estimate of drug-likeness (QED) is 0.919. The van der Waals surface area contributed by atoms with E-state index in [1.807, 2.05) is 4.90 Å². The van der Waals surface area contributed by atoms with E-state index in [0.717, 1.165) is 18.5 Å². The first kappa shape index (κ1) is 14.8. The van der Waals surface area contributed by atoms with Gasteiger partial charge in [-0.25, -0.2) is 13.2 Å². The summed E-state index contributed by atoms with van der Waals surface area (Å²) in [5.41, 5.74) is 0.771. The lowest BCUT2D eigenvalue weighted by atomic mass is 10.0. The van der Waals surface area contributed by atoms with Crippen LogP contribution in [0.25, 0.3) is 0 Å². The standard InChI is InChI=1S/C14H19NO4S/c1-2-20(18,19)12-8-6-11(7-9-12)15-10-4-3-5-13(15)14(16)17/h6-9,13H,2-5,10H2,1H3,(H,16,17). The number of hydrogen-bond donors (Lipinski definition) is 1. The van der Waals surface area contributed by atoms with Crippen LogP contribution in [-0.2, 0) is 14.6 Å². The second-order valence-electron chi connectivity index (χ2n) is 4.94. The van der Waals surface area contributed by atoms with Gasteiger partial charge in [0.15, 0.2) is 9.84 Å². The molecule has 6 heteroatoms. The van der Waals surface area contributed by atoms with Gasteiger partial charge in [0.25, 0.3) is 0 Å². The Morgan fingerprint density at radius 3 is 2.50 bits per heavy atom. The molecule has 0 spiro atoms. The fraction of sp³-hybridized carbons (Fsp3) is 0.500. The largest absolute Gasteiger partial charge is 0.480 e. The van der Waals surface area contributed by atoms with Crippen molar-refractivity contribution >= 4 is 21.5 Å². The molecule has 0 aliphatic carbocycles. The lowest BCUT2D eigenvalue weighted by molar-refractivity contribution is -0.139. The number of nitrogens with zero attached hydrogens (tertiary/aromatic N) is 1. The summed E-state index contributed by atoms with van der Waals surface area (Å²) in [4.78, 5) is 13.4. The number of carboxylic acid groups (broad SMARTS) is 1. The molecule has 1 heterocycles. The van der Waals surface area contributed by atoms with Gasteiger partial charge in [0, 0.05) is 12.2 Å². The highest BCUT2D eigenvalue weighted by molar-refractivity contribution is 7.91. The van der Waals surface area contributed by atoms with E-state index in [4.69, 9.17) is 0 Å². The Hall–Kier alpha value is -1.56. The maximum absolute atomic E-state index is 11.8. The Kier molecular flexibility index (Phi) is 4.32. The normalized spacial score (nSPS) is 19.9. The van der Waals surface area contributed by atoms with Crippen molar-refractivity contribution in [2.75, 3.05) is 17.2 Å². The van der Waals surface area contributed by atoms with Gasteiger partial charge in [0.2, 0.25) is 0 Å². The summed E-state index contributed by atoms with van der Waals surface area (Å²) in [6, 6.07) is 5.99. The lowest BCUT2D eigenvalue weighted by Gasteiger charge is -2.34. The highest BCUT2D eigenvalue weighted by Crippen LogP contribution is 2.26. The zero-order valence-corrected chi connectivity index (χ0v) is 12.3. The molecule has 1 aliphatic rings. The number of benzene rings is 1. The number of carbonyl (C=O) groups is 1. The molecule has 0 bridgehead atoms. The summed E-state index contributed by atoms with van der Waals surface area (Å²) in [6.07, 6.45) is 2.50. The molecule has 0 saturated carbocycles. The van der Waals surface area contributed by atoms with Crippen LogP contribution in [-0.4, -0.2) is 37.8 Å². The van der Waals surface area contributed by atoms with Gasteiger partial charge in [0.05, 0.1) is 10.6 Å². The van der Waals surface area contributed by atoms with Gasteiger partial charge in [-0.15, -0.1) is 0 Å². The number of piperidine rings is 1. The van der Waals surface area contributed by atoms with E-state index < -0.39 is 21.8 Å². The van der Waals surface area contributed by atoms with Gasteiger partial charge in [-0.2, -0.15) is 0 Å². The minimum absolute atomic E-state index is 0.0633. The molecule has 1 aliphatic heterocycles. The first-order chi connectivity index (χ1) is 9.45. The van der Waals surface area contributed by atoms with E-state index in [2.05, 4.69) is 0 Å². The molecule has 1 aromatic carbocycles. The second kappa shape index (κ2) is 5.83. The fourth-order valence-corrected chi connectivity index (χ4v) is 3.39. The minimum atomic E-state index is -3.21. The fourth-order valence-electron chi connectivity index (χ4n) is 2.51. The van der Waals surface area contributed by atoms with Crippen molar-refractivity contribution in [3.8, 4) is 0 Å². The van der Waals surface area contributed by atoms with Crippen molar-refractivity contribution in [1.29, 1.82) is 0 Å². The summed E-state index contributed by atoms with van der Waals surface area (Å²) in [5.74, 6) is -0.761. The topological polar surface area (TPSA) is 74.7 Å². The first-order valence-corrected chi connectivity index (χ1v) is 8.43. The van der Waals surface area contributed by atoms with Crippen LogP contribution in [0.3, 0.4) is 0 Å². The number of rotatable bonds is 4. The van der Waals surface area contributed by atoms with E-state index in [-0.39, 0.29) is 10.6 Å². The number of hydrogen-bond acceptors (Lipinski definition) is 4. The molecule has 1 saturated heterocycles. The van der Waals surface area contributed by atoms with Crippen molar-refractivity contribution in [2.45, 2.75) is 37.1 Å². The monoisotopic (exact) mass is 297 g/mol. The van der Waals surface area contributed by atoms with E-state index >= 15 is 0 Å². The van der Waals surface area contributed by atoms with Crippen LogP contribution in [0.15, 0.2) is 29.2 Å². The summed E-state index contributed by atoms with van der Waals surface area (Å²) in [6.45, 7) is 2.30. The zero-order chi connectivity index (χ0) is 14.8. The van der Waals surface area contributed by atoms with Gasteiger partial charge in [0.1, 0.15) is 6.04 Å². The Morgan fingerprint density at radius 1 is 1.30 bits per heavy atom. The molecule has 1 unspecified atom stereocenters. The highest BCUT2D eigenvalue weighted by atomic mass is 32.2. The molecular formula is C14H19NO4S. The molecule has 0 aromatic heterocycles. The second-order valence-corrected chi connectivity index (χ2v) is 7.22. The number of carboxylic acids is 1. The molecule has 2 rings (SSSR count). The molecule has 1 atom stereocenters. The van der Waals surface area contributed by atoms with Crippen LogP contribution in [0.4, 0.5) is 5.69 Å². The zero-order valence-electron chi connectivity index (χ0n) is 11.4. The summed E-state index contributed by atoms with van der Waals surface area (Å²) in [7, 11) is -3.21. The van der Waals surface area contributed by atoms with Gasteiger partial charge < -0.3 is 10.0 Å². The smallest absolute Gasteiger partial charge is 0.326 e. The Labute approximate surface area is 119 Å². The van der Waals surface area contributed by atoms with Crippen molar-refractivity contribution in [2.24, 2.45) is 0 Å². The van der Waals surface area contributed by atoms with Crippen LogP contribution >= 0.6 is 0 Å². The first-order valence-electron chi connectivity index (χ1n) is 6.78. The Bertz CT molecular complexity index is 580. The van der Waals surface area contributed by atoms with E-state index in [1.165, 1.54) is 0 Å². The van der Waals surface area contributed by atoms with E-state index in [9.17, 15) is 18.3 Å². The average Bonchev–Trinajstić information content (AvgIpc) is 2.47. The Morgan fingerprint density at radius 2 is 1.95 bits per heavy atom. The van der Waals surface area contributed by atoms with Gasteiger partial charge >= 0.3 is 5.97 Å². The third-order valence-electron chi connectivity index (χ3n) is 3.70. The predicted molar refractivity (Wildman–Crippen MR) is 76.8 cm³/mol. The minimum Gasteiger partial charge on any atom is -0.480 e. The maximum Gasteiger partial charge on any atom is 0.326 e. The Balaban J connectivity index is 2.27.